The first-order valence-electron chi connectivity index (χ1n) is 8.01. The fourth-order valence-corrected chi connectivity index (χ4v) is 2.22. The summed E-state index contributed by atoms with van der Waals surface area (Å²) in [6.07, 6.45) is 3.65. The van der Waals surface area contributed by atoms with Gasteiger partial charge >= 0.3 is 0 Å². The van der Waals surface area contributed by atoms with Crippen molar-refractivity contribution in [1.82, 2.24) is 10.6 Å². The van der Waals surface area contributed by atoms with Crippen molar-refractivity contribution in [2.45, 2.75) is 52.6 Å². The number of nitriles is 1. The van der Waals surface area contributed by atoms with Crippen molar-refractivity contribution in [3.63, 3.8) is 0 Å². The first-order chi connectivity index (χ1) is 10.5. The van der Waals surface area contributed by atoms with Crippen LogP contribution in [0.15, 0.2) is 29.3 Å². The fraction of sp³-hybridized carbons (Fsp3) is 0.556. The Balaban J connectivity index is 0.00000484. The van der Waals surface area contributed by atoms with Gasteiger partial charge in [-0.2, -0.15) is 5.26 Å². The van der Waals surface area contributed by atoms with E-state index in [0.717, 1.165) is 23.9 Å². The number of rotatable bonds is 7. The number of benzene rings is 1. The zero-order valence-electron chi connectivity index (χ0n) is 14.6. The Bertz CT molecular complexity index is 503. The van der Waals surface area contributed by atoms with Crippen molar-refractivity contribution in [1.29, 1.82) is 5.26 Å². The van der Waals surface area contributed by atoms with E-state index in [0.29, 0.717) is 18.2 Å². The highest BCUT2D eigenvalue weighted by molar-refractivity contribution is 14.0. The molecular weight excluding hydrogens is 399 g/mol. The largest absolute Gasteiger partial charge is 0.354 e. The lowest BCUT2D eigenvalue weighted by molar-refractivity contribution is 0.491. The average Bonchev–Trinajstić information content (AvgIpc) is 2.51. The smallest absolute Gasteiger partial charge is 0.191 e. The van der Waals surface area contributed by atoms with Crippen molar-refractivity contribution < 1.29 is 0 Å². The van der Waals surface area contributed by atoms with E-state index in [4.69, 9.17) is 5.26 Å². The third kappa shape index (κ3) is 9.44. The summed E-state index contributed by atoms with van der Waals surface area (Å²) in [7, 11) is 1.79. The quantitative estimate of drug-likeness (QED) is 0.391. The predicted molar refractivity (Wildman–Crippen MR) is 108 cm³/mol. The van der Waals surface area contributed by atoms with E-state index in [-0.39, 0.29) is 24.0 Å². The maximum absolute atomic E-state index is 8.79. The van der Waals surface area contributed by atoms with Gasteiger partial charge in [0.25, 0.3) is 0 Å². The molecule has 0 spiro atoms. The summed E-state index contributed by atoms with van der Waals surface area (Å²) in [5.74, 6) is 1.59. The van der Waals surface area contributed by atoms with E-state index < -0.39 is 0 Å². The van der Waals surface area contributed by atoms with Crippen LogP contribution in [0, 0.1) is 17.2 Å². The summed E-state index contributed by atoms with van der Waals surface area (Å²) >= 11 is 0. The lowest BCUT2D eigenvalue weighted by atomic mass is 10.0. The molecule has 5 heteroatoms. The Kier molecular flexibility index (Phi) is 11.5. The van der Waals surface area contributed by atoms with Crippen molar-refractivity contribution in [3.8, 4) is 6.07 Å². The van der Waals surface area contributed by atoms with Crippen molar-refractivity contribution in [2.75, 3.05) is 7.05 Å². The SMILES string of the molecule is CN=C(NCc1ccc(C#N)cc1)NC(C)CCCC(C)C.I. The monoisotopic (exact) mass is 428 g/mol. The molecule has 1 rings (SSSR count). The van der Waals surface area contributed by atoms with E-state index >= 15 is 0 Å². The van der Waals surface area contributed by atoms with Crippen molar-refractivity contribution >= 4 is 29.9 Å². The van der Waals surface area contributed by atoms with Crippen LogP contribution in [-0.2, 0) is 6.54 Å². The van der Waals surface area contributed by atoms with Crippen molar-refractivity contribution in [2.24, 2.45) is 10.9 Å². The molecule has 4 nitrogen and oxygen atoms in total. The molecule has 0 amide bonds. The molecule has 23 heavy (non-hydrogen) atoms. The summed E-state index contributed by atoms with van der Waals surface area (Å²) in [6, 6.07) is 10.1. The first-order valence-corrected chi connectivity index (χ1v) is 8.01. The minimum absolute atomic E-state index is 0. The molecule has 128 valence electrons. The zero-order valence-corrected chi connectivity index (χ0v) is 16.9. The second-order valence-corrected chi connectivity index (χ2v) is 6.10. The van der Waals surface area contributed by atoms with Crippen LogP contribution in [-0.4, -0.2) is 19.0 Å². The molecule has 1 aromatic rings. The van der Waals surface area contributed by atoms with Crippen LogP contribution in [0.4, 0.5) is 0 Å². The molecule has 0 aliphatic rings. The van der Waals surface area contributed by atoms with Gasteiger partial charge in [0.15, 0.2) is 5.96 Å². The molecule has 0 radical (unpaired) electrons. The van der Waals surface area contributed by atoms with Gasteiger partial charge in [-0.15, -0.1) is 24.0 Å². The third-order valence-electron chi connectivity index (χ3n) is 3.57. The Hall–Kier alpha value is -1.29. The Morgan fingerprint density at radius 1 is 1.17 bits per heavy atom. The van der Waals surface area contributed by atoms with Gasteiger partial charge < -0.3 is 10.6 Å². The number of aliphatic imine (C=N–C) groups is 1. The summed E-state index contributed by atoms with van der Waals surface area (Å²) < 4.78 is 0. The molecule has 0 saturated carbocycles. The maximum atomic E-state index is 8.79. The lowest BCUT2D eigenvalue weighted by Crippen LogP contribution is -2.41. The highest BCUT2D eigenvalue weighted by atomic mass is 127. The Labute approximate surface area is 157 Å². The number of nitrogens with zero attached hydrogens (tertiary/aromatic N) is 2. The molecule has 1 aromatic carbocycles. The number of halogens is 1. The molecule has 0 aliphatic heterocycles. The second-order valence-electron chi connectivity index (χ2n) is 6.10. The highest BCUT2D eigenvalue weighted by Crippen LogP contribution is 2.08. The van der Waals surface area contributed by atoms with Gasteiger partial charge in [0.1, 0.15) is 0 Å². The number of hydrogen-bond donors (Lipinski definition) is 2. The molecule has 0 aromatic heterocycles. The van der Waals surface area contributed by atoms with E-state index in [2.05, 4.69) is 42.5 Å². The standard InChI is InChI=1S/C18H28N4.HI/c1-14(2)6-5-7-15(3)22-18(20-4)21-13-17-10-8-16(12-19)9-11-17;/h8-11,14-15H,5-7,13H2,1-4H3,(H2,20,21,22);1H. The van der Waals surface area contributed by atoms with Crippen LogP contribution in [0.2, 0.25) is 0 Å². The van der Waals surface area contributed by atoms with E-state index in [1.165, 1.54) is 12.8 Å². The van der Waals surface area contributed by atoms with Gasteiger partial charge in [0, 0.05) is 19.6 Å². The summed E-state index contributed by atoms with van der Waals surface area (Å²) in [5, 5.41) is 15.5. The average molecular weight is 428 g/mol. The minimum Gasteiger partial charge on any atom is -0.354 e. The van der Waals surface area contributed by atoms with Gasteiger partial charge in [-0.3, -0.25) is 4.99 Å². The number of nitrogens with one attached hydrogen (secondary N) is 2. The van der Waals surface area contributed by atoms with Crippen LogP contribution in [0.1, 0.15) is 51.2 Å². The fourth-order valence-electron chi connectivity index (χ4n) is 2.22. The summed E-state index contributed by atoms with van der Waals surface area (Å²) in [5.41, 5.74) is 1.82. The van der Waals surface area contributed by atoms with Gasteiger partial charge in [-0.1, -0.05) is 38.8 Å². The van der Waals surface area contributed by atoms with E-state index in [1.807, 2.05) is 24.3 Å². The van der Waals surface area contributed by atoms with Gasteiger partial charge in [0.05, 0.1) is 11.6 Å². The van der Waals surface area contributed by atoms with E-state index in [9.17, 15) is 0 Å². The summed E-state index contributed by atoms with van der Waals surface area (Å²) in [6.45, 7) is 7.41. The van der Waals surface area contributed by atoms with Crippen LogP contribution in [0.25, 0.3) is 0 Å². The Morgan fingerprint density at radius 2 is 1.83 bits per heavy atom. The molecule has 1 unspecified atom stereocenters. The van der Waals surface area contributed by atoms with E-state index in [1.54, 1.807) is 7.05 Å². The molecule has 2 N–H and O–H groups in total. The zero-order chi connectivity index (χ0) is 16.4. The molecular formula is C18H29IN4. The summed E-state index contributed by atoms with van der Waals surface area (Å²) in [4.78, 5) is 4.26. The van der Waals surface area contributed by atoms with Crippen LogP contribution < -0.4 is 10.6 Å². The van der Waals surface area contributed by atoms with Crippen LogP contribution >= 0.6 is 24.0 Å². The third-order valence-corrected chi connectivity index (χ3v) is 3.57. The number of guanidine groups is 1. The first kappa shape index (κ1) is 21.7. The van der Waals surface area contributed by atoms with Crippen molar-refractivity contribution in [3.05, 3.63) is 35.4 Å². The van der Waals surface area contributed by atoms with Crippen LogP contribution in [0.5, 0.6) is 0 Å². The minimum atomic E-state index is 0. The second kappa shape index (κ2) is 12.2. The lowest BCUT2D eigenvalue weighted by Gasteiger charge is -2.18. The molecule has 1 atom stereocenters. The normalized spacial score (nSPS) is 12.3. The molecule has 0 heterocycles. The Morgan fingerprint density at radius 3 is 2.35 bits per heavy atom. The molecule has 0 bridgehead atoms. The van der Waals surface area contributed by atoms with Gasteiger partial charge in [-0.05, 0) is 37.0 Å². The molecule has 0 aliphatic carbocycles. The number of hydrogen-bond acceptors (Lipinski definition) is 2. The molecule has 0 fully saturated rings. The van der Waals surface area contributed by atoms with Crippen LogP contribution in [0.3, 0.4) is 0 Å². The molecule has 0 saturated heterocycles. The van der Waals surface area contributed by atoms with Gasteiger partial charge in [-0.25, -0.2) is 0 Å². The van der Waals surface area contributed by atoms with Gasteiger partial charge in [0.2, 0.25) is 0 Å². The topological polar surface area (TPSA) is 60.2 Å². The maximum Gasteiger partial charge on any atom is 0.191 e. The highest BCUT2D eigenvalue weighted by Gasteiger charge is 2.05. The predicted octanol–water partition coefficient (Wildman–Crippen LogP) is 4.06.